The highest BCUT2D eigenvalue weighted by atomic mass is 16.5. The highest BCUT2D eigenvalue weighted by molar-refractivity contribution is 5.94. The van der Waals surface area contributed by atoms with E-state index in [-0.39, 0.29) is 17.4 Å². The number of phenolic OH excluding ortho intramolecular Hbond substituents is 5. The van der Waals surface area contributed by atoms with Crippen LogP contribution in [0.2, 0.25) is 0 Å². The second-order valence-electron chi connectivity index (χ2n) is 33.9. The lowest BCUT2D eigenvalue weighted by molar-refractivity contribution is 0.304. The fourth-order valence-corrected chi connectivity index (χ4v) is 16.7. The van der Waals surface area contributed by atoms with Crippen molar-refractivity contribution in [2.45, 2.75) is 354 Å². The maximum atomic E-state index is 10.1. The Bertz CT molecular complexity index is 4220. The van der Waals surface area contributed by atoms with Crippen molar-refractivity contribution in [1.82, 2.24) is 0 Å². The molecule has 0 saturated heterocycles. The molecular weight excluding hydrogens is 1510 g/mol. The quantitative estimate of drug-likeness (QED) is 0.0188. The third kappa shape index (κ3) is 39.3. The number of ether oxygens (including phenoxy) is 3. The van der Waals surface area contributed by atoms with Crippen LogP contribution >= 0.6 is 0 Å². The first-order chi connectivity index (χ1) is 59.8. The maximum Gasteiger partial charge on any atom is 0.122 e. The predicted molar refractivity (Wildman–Crippen MR) is 535 cm³/mol. The van der Waals surface area contributed by atoms with Crippen LogP contribution in [-0.2, 0) is 0 Å². The summed E-state index contributed by atoms with van der Waals surface area (Å²) < 4.78 is 18.2. The molecule has 8 heteroatoms. The van der Waals surface area contributed by atoms with E-state index >= 15 is 0 Å². The van der Waals surface area contributed by atoms with Crippen LogP contribution in [0.5, 0.6) is 46.0 Å². The Morgan fingerprint density at radius 1 is 0.244 bits per heavy atom. The molecule has 0 saturated carbocycles. The molecule has 123 heavy (non-hydrogen) atoms. The molecule has 0 bridgehead atoms. The molecule has 0 aromatic heterocycles. The van der Waals surface area contributed by atoms with Gasteiger partial charge in [-0.3, -0.25) is 0 Å². The summed E-state index contributed by atoms with van der Waals surface area (Å²) in [5.74, 6) is 4.77. The SMILES string of the molecule is CC/C(=C(/CC)c1ccc(O)c(C(C)C)c1)c1ccc(O)cc1.CC/C(=C(/CC)c1ccc(O)c(C=C(C)C)c1)c1ccc(O)cc1.CCCCCCCCCCCCOc1ccc(/C(CC)=C(\CC)c2ccc(O)cc2)cc1.CCCCCCCCCCCCOc1ccc(/C(CC)=C(\CC)c2ccc(OCCCCCCCCCCCC)cc2)cc1. The van der Waals surface area contributed by atoms with Crippen LogP contribution in [-0.4, -0.2) is 45.4 Å². The van der Waals surface area contributed by atoms with Gasteiger partial charge in [-0.2, -0.15) is 0 Å². The smallest absolute Gasteiger partial charge is 0.122 e. The second-order valence-corrected chi connectivity index (χ2v) is 33.9. The first-order valence-corrected chi connectivity index (χ1v) is 48.6. The minimum atomic E-state index is 0.280. The third-order valence-electron chi connectivity index (χ3n) is 23.7. The number of hydrogen-bond acceptors (Lipinski definition) is 8. The van der Waals surface area contributed by atoms with Crippen molar-refractivity contribution in [2.75, 3.05) is 19.8 Å². The van der Waals surface area contributed by atoms with E-state index in [2.05, 4.69) is 175 Å². The van der Waals surface area contributed by atoms with Crippen molar-refractivity contribution >= 4 is 50.7 Å². The standard InChI is InChI=1S/C42H68O2.C30H44O2.C22H26O2.C21H26O2/c1-5-9-11-13-15-17-19-21-23-25-35-43-39-31-27-37(28-32-39)41(7-3)42(8-4)38-29-33-40(34-30-38)44-36-26-24-22-20-18-16-14-12-10-6-2;1-4-7-8-9-10-11-12-13-14-15-24-32-28-22-18-26(19-23-28)30(6-3)29(5-2)25-16-20-27(31)21-17-25;1-5-20(16-7-10-19(23)11-8-16)21(6-2)17-9-12-22(24)18(14-17)13-15(3)4;1-5-18(15-7-10-17(22)11-8-15)19(6-2)16-9-12-21(23)20(13-16)14(3)4/h27-34H,5-26,35-36H2,1-4H3;16-23,31H,4-15,24H2,1-3H3;7-14,23-24H,5-6H2,1-4H3;7-14,22-23H,5-6H2,1-4H3/b42-41+;30-29+;21-20+;19-18+. The zero-order valence-corrected chi connectivity index (χ0v) is 79.4. The number of rotatable bonds is 54. The molecule has 0 unspecified atom stereocenters. The van der Waals surface area contributed by atoms with E-state index in [9.17, 15) is 25.5 Å². The molecule has 672 valence electrons. The lowest BCUT2D eigenvalue weighted by Crippen LogP contribution is -1.98. The van der Waals surface area contributed by atoms with Crippen LogP contribution in [0, 0.1) is 0 Å². The fraction of sp³-hybridized carbons (Fsp3) is 0.496. The monoisotopic (exact) mass is 1670 g/mol. The Hall–Kier alpha value is -9.14. The average Bonchev–Trinajstić information content (AvgIpc) is 0.827. The van der Waals surface area contributed by atoms with Crippen molar-refractivity contribution in [1.29, 1.82) is 0 Å². The van der Waals surface area contributed by atoms with E-state index in [1.165, 1.54) is 246 Å². The first-order valence-electron chi connectivity index (χ1n) is 48.6. The minimum absolute atomic E-state index is 0.280. The molecule has 8 aromatic carbocycles. The van der Waals surface area contributed by atoms with Crippen molar-refractivity contribution < 1.29 is 39.7 Å². The zero-order valence-electron chi connectivity index (χ0n) is 79.4. The Morgan fingerprint density at radius 2 is 0.447 bits per heavy atom. The van der Waals surface area contributed by atoms with Gasteiger partial charge in [0.15, 0.2) is 0 Å². The van der Waals surface area contributed by atoms with Crippen LogP contribution in [0.4, 0.5) is 0 Å². The van der Waals surface area contributed by atoms with E-state index in [0.717, 1.165) is 141 Å². The number of phenols is 5. The summed E-state index contributed by atoms with van der Waals surface area (Å²) in [6.45, 7) is 35.1. The first kappa shape index (κ1) is 104. The molecule has 0 fully saturated rings. The fourth-order valence-electron chi connectivity index (χ4n) is 16.7. The van der Waals surface area contributed by atoms with Gasteiger partial charge >= 0.3 is 0 Å². The largest absolute Gasteiger partial charge is 0.508 e. The molecule has 8 aromatic rings. The molecule has 0 atom stereocenters. The number of allylic oxidation sites excluding steroid dienone is 9. The molecule has 0 aliphatic heterocycles. The second kappa shape index (κ2) is 62.9. The third-order valence-corrected chi connectivity index (χ3v) is 23.7. The van der Waals surface area contributed by atoms with Crippen molar-refractivity contribution in [2.24, 2.45) is 0 Å². The van der Waals surface area contributed by atoms with E-state index < -0.39 is 0 Å². The van der Waals surface area contributed by atoms with Crippen molar-refractivity contribution in [3.8, 4) is 46.0 Å². The van der Waals surface area contributed by atoms with Gasteiger partial charge in [0, 0.05) is 5.56 Å². The molecule has 0 heterocycles. The van der Waals surface area contributed by atoms with Gasteiger partial charge in [-0.05, 0) is 282 Å². The molecule has 0 aliphatic rings. The number of aromatic hydroxyl groups is 5. The van der Waals surface area contributed by atoms with Gasteiger partial charge in [-0.1, -0.05) is 360 Å². The van der Waals surface area contributed by atoms with Gasteiger partial charge in [0.05, 0.1) is 19.8 Å². The van der Waals surface area contributed by atoms with Gasteiger partial charge in [0.2, 0.25) is 0 Å². The van der Waals surface area contributed by atoms with Crippen LogP contribution in [0.15, 0.2) is 188 Å². The van der Waals surface area contributed by atoms with Crippen LogP contribution < -0.4 is 14.2 Å². The molecule has 8 nitrogen and oxygen atoms in total. The Labute approximate surface area is 748 Å². The summed E-state index contributed by atoms with van der Waals surface area (Å²) >= 11 is 0. The van der Waals surface area contributed by atoms with Crippen LogP contribution in [0.3, 0.4) is 0 Å². The van der Waals surface area contributed by atoms with E-state index in [1.807, 2.05) is 68.5 Å². The van der Waals surface area contributed by atoms with E-state index in [1.54, 1.807) is 48.5 Å². The highest BCUT2D eigenvalue weighted by Gasteiger charge is 2.17. The van der Waals surface area contributed by atoms with Crippen LogP contribution in [0.25, 0.3) is 50.7 Å². The van der Waals surface area contributed by atoms with Gasteiger partial charge < -0.3 is 39.7 Å². The molecule has 5 N–H and O–H groups in total. The predicted octanol–water partition coefficient (Wildman–Crippen LogP) is 35.6. The summed E-state index contributed by atoms with van der Waals surface area (Å²) in [4.78, 5) is 0. The van der Waals surface area contributed by atoms with E-state index in [0.29, 0.717) is 17.2 Å². The summed E-state index contributed by atoms with van der Waals surface area (Å²) in [7, 11) is 0. The molecule has 0 radical (unpaired) electrons. The number of hydrogen-bond donors (Lipinski definition) is 5. The highest BCUT2D eigenvalue weighted by Crippen LogP contribution is 2.40. The molecular formula is C115H164O8. The summed E-state index contributed by atoms with van der Waals surface area (Å²) in [6.07, 6.45) is 50.1. The summed E-state index contributed by atoms with van der Waals surface area (Å²) in [6, 6.07) is 60.2. The maximum absolute atomic E-state index is 10.1. The Morgan fingerprint density at radius 3 is 0.675 bits per heavy atom. The Kier molecular flexibility index (Phi) is 53.4. The normalized spacial score (nSPS) is 12.0. The molecule has 0 amide bonds. The van der Waals surface area contributed by atoms with Gasteiger partial charge in [0.25, 0.3) is 0 Å². The molecule has 0 aliphatic carbocycles. The number of benzene rings is 8. The Balaban J connectivity index is 0.000000302. The molecule has 8 rings (SSSR count). The van der Waals surface area contributed by atoms with Crippen molar-refractivity contribution in [3.63, 3.8) is 0 Å². The number of unbranched alkanes of at least 4 members (excludes halogenated alkanes) is 27. The summed E-state index contributed by atoms with van der Waals surface area (Å²) in [5.41, 5.74) is 23.3. The van der Waals surface area contributed by atoms with Gasteiger partial charge in [-0.15, -0.1) is 0 Å². The lowest BCUT2D eigenvalue weighted by Gasteiger charge is -2.17. The lowest BCUT2D eigenvalue weighted by atomic mass is 9.89. The zero-order chi connectivity index (χ0) is 89.2. The average molecular weight is 1670 g/mol. The van der Waals surface area contributed by atoms with Crippen LogP contribution in [0.1, 0.15) is 409 Å². The minimum Gasteiger partial charge on any atom is -0.508 e. The van der Waals surface area contributed by atoms with Gasteiger partial charge in [-0.25, -0.2) is 0 Å². The molecule has 0 spiro atoms. The van der Waals surface area contributed by atoms with E-state index in [4.69, 9.17) is 14.2 Å². The van der Waals surface area contributed by atoms with Crippen molar-refractivity contribution in [3.05, 3.63) is 243 Å². The topological polar surface area (TPSA) is 129 Å². The summed E-state index contributed by atoms with van der Waals surface area (Å²) in [5, 5.41) is 48.8. The van der Waals surface area contributed by atoms with Gasteiger partial charge in [0.1, 0.15) is 46.0 Å².